The maximum atomic E-state index is 14.7. The Labute approximate surface area is 195 Å². The number of benzene rings is 1. The van der Waals surface area contributed by atoms with Crippen molar-refractivity contribution in [2.45, 2.75) is 38.6 Å². The molecule has 0 aliphatic rings. The van der Waals surface area contributed by atoms with Gasteiger partial charge in [-0.15, -0.1) is 0 Å². The van der Waals surface area contributed by atoms with E-state index >= 15 is 0 Å². The standard InChI is InChI=1S/C24H27F2N5O3/c1-13(9-10-33-4)27-23-29-18-8-7-17(28-21(18)34-23)20-19(15-6-5-14(25)11-16(15)26)30-22(31-20)24(2,3)12-32/h5-8,11,13,32H,9-10,12H2,1-4H3,(H,27,29)(H,30,31)/t13-/m1/s1. The molecule has 4 aromatic rings. The lowest BCUT2D eigenvalue weighted by Gasteiger charge is -2.18. The normalized spacial score (nSPS) is 12.9. The van der Waals surface area contributed by atoms with Gasteiger partial charge in [0.25, 0.3) is 6.01 Å². The molecular weight excluding hydrogens is 444 g/mol. The van der Waals surface area contributed by atoms with Crippen LogP contribution in [0.15, 0.2) is 34.7 Å². The Morgan fingerprint density at radius 2 is 1.97 bits per heavy atom. The molecule has 8 nitrogen and oxygen atoms in total. The third-order valence-corrected chi connectivity index (χ3v) is 5.56. The highest BCUT2D eigenvalue weighted by atomic mass is 19.1. The average Bonchev–Trinajstić information content (AvgIpc) is 3.41. The minimum Gasteiger partial charge on any atom is -0.404 e. The van der Waals surface area contributed by atoms with E-state index in [1.165, 1.54) is 12.1 Å². The number of fused-ring (bicyclic) bond motifs is 1. The number of H-pyrrole nitrogens is 1. The lowest BCUT2D eigenvalue weighted by Crippen LogP contribution is -2.23. The molecule has 3 heterocycles. The van der Waals surface area contributed by atoms with E-state index in [9.17, 15) is 13.9 Å². The molecule has 0 aliphatic heterocycles. The summed E-state index contributed by atoms with van der Waals surface area (Å²) in [4.78, 5) is 16.7. The number of imidazole rings is 1. The van der Waals surface area contributed by atoms with Gasteiger partial charge in [0.2, 0.25) is 5.71 Å². The number of aromatic amines is 1. The first-order valence-corrected chi connectivity index (χ1v) is 10.9. The Hall–Kier alpha value is -3.37. The molecule has 0 saturated carbocycles. The van der Waals surface area contributed by atoms with Crippen molar-refractivity contribution in [1.82, 2.24) is 19.9 Å². The molecule has 3 N–H and O–H groups in total. The van der Waals surface area contributed by atoms with Gasteiger partial charge in [-0.25, -0.2) is 18.7 Å². The van der Waals surface area contributed by atoms with Crippen molar-refractivity contribution in [3.63, 3.8) is 0 Å². The summed E-state index contributed by atoms with van der Waals surface area (Å²) in [5, 5.41) is 13.0. The number of ether oxygens (including phenoxy) is 1. The summed E-state index contributed by atoms with van der Waals surface area (Å²) >= 11 is 0. The molecule has 0 saturated heterocycles. The number of anilines is 1. The number of nitrogens with one attached hydrogen (secondary N) is 2. The number of oxazole rings is 1. The predicted molar refractivity (Wildman–Crippen MR) is 124 cm³/mol. The van der Waals surface area contributed by atoms with Crippen molar-refractivity contribution < 1.29 is 23.0 Å². The molecule has 0 radical (unpaired) electrons. The van der Waals surface area contributed by atoms with Gasteiger partial charge in [0.1, 0.15) is 28.7 Å². The zero-order valence-corrected chi connectivity index (χ0v) is 19.4. The third kappa shape index (κ3) is 4.78. The van der Waals surface area contributed by atoms with Gasteiger partial charge in [0.15, 0.2) is 0 Å². The molecular formula is C24H27F2N5O3. The highest BCUT2D eigenvalue weighted by Gasteiger charge is 2.28. The van der Waals surface area contributed by atoms with Gasteiger partial charge in [0, 0.05) is 36.8 Å². The molecule has 10 heteroatoms. The Balaban J connectivity index is 1.77. The van der Waals surface area contributed by atoms with Crippen molar-refractivity contribution >= 4 is 17.2 Å². The summed E-state index contributed by atoms with van der Waals surface area (Å²) in [6.45, 7) is 6.01. The first-order chi connectivity index (χ1) is 16.2. The summed E-state index contributed by atoms with van der Waals surface area (Å²) in [7, 11) is 1.64. The highest BCUT2D eigenvalue weighted by molar-refractivity contribution is 5.81. The molecule has 1 aromatic carbocycles. The summed E-state index contributed by atoms with van der Waals surface area (Å²) in [5.41, 5.74) is 1.34. The fourth-order valence-corrected chi connectivity index (χ4v) is 3.43. The number of hydrogen-bond donors (Lipinski definition) is 3. The second kappa shape index (κ2) is 9.47. The molecule has 0 amide bonds. The quantitative estimate of drug-likeness (QED) is 0.326. The van der Waals surface area contributed by atoms with Crippen LogP contribution in [0.3, 0.4) is 0 Å². The maximum Gasteiger partial charge on any atom is 0.297 e. The van der Waals surface area contributed by atoms with Crippen LogP contribution in [0.25, 0.3) is 33.9 Å². The van der Waals surface area contributed by atoms with Gasteiger partial charge < -0.3 is 24.6 Å². The number of aliphatic hydroxyl groups excluding tert-OH is 1. The number of rotatable bonds is 9. The van der Waals surface area contributed by atoms with E-state index in [0.29, 0.717) is 41.0 Å². The third-order valence-electron chi connectivity index (χ3n) is 5.56. The van der Waals surface area contributed by atoms with E-state index in [1.807, 2.05) is 6.92 Å². The number of nitrogens with zero attached hydrogens (tertiary/aromatic N) is 3. The van der Waals surface area contributed by atoms with Gasteiger partial charge >= 0.3 is 0 Å². The number of aliphatic hydroxyl groups is 1. The average molecular weight is 472 g/mol. The van der Waals surface area contributed by atoms with E-state index in [1.54, 1.807) is 33.1 Å². The van der Waals surface area contributed by atoms with Crippen LogP contribution < -0.4 is 5.32 Å². The van der Waals surface area contributed by atoms with Gasteiger partial charge in [-0.1, -0.05) is 13.8 Å². The second-order valence-corrected chi connectivity index (χ2v) is 8.84. The zero-order chi connectivity index (χ0) is 24.5. The Kier molecular flexibility index (Phi) is 6.63. The SMILES string of the molecule is COCC[C@@H](C)Nc1nc2ccc(-c3nc(C(C)(C)CO)[nH]c3-c3ccc(F)cc3F)nc2o1. The van der Waals surface area contributed by atoms with E-state index in [2.05, 4.69) is 25.3 Å². The number of halogens is 2. The van der Waals surface area contributed by atoms with Crippen molar-refractivity contribution in [2.75, 3.05) is 25.6 Å². The maximum absolute atomic E-state index is 14.7. The minimum atomic E-state index is -0.740. The van der Waals surface area contributed by atoms with Crippen LogP contribution in [-0.2, 0) is 10.2 Å². The lowest BCUT2D eigenvalue weighted by atomic mass is 9.94. The van der Waals surface area contributed by atoms with Crippen molar-refractivity contribution in [3.05, 3.63) is 47.8 Å². The number of hydrogen-bond acceptors (Lipinski definition) is 7. The molecule has 0 unspecified atom stereocenters. The molecule has 3 aromatic heterocycles. The molecule has 34 heavy (non-hydrogen) atoms. The molecule has 0 bridgehead atoms. The molecule has 4 rings (SSSR count). The second-order valence-electron chi connectivity index (χ2n) is 8.84. The van der Waals surface area contributed by atoms with Crippen LogP contribution in [-0.4, -0.2) is 51.4 Å². The van der Waals surface area contributed by atoms with Crippen LogP contribution in [0.2, 0.25) is 0 Å². The summed E-state index contributed by atoms with van der Waals surface area (Å²) < 4.78 is 39.1. The topological polar surface area (TPSA) is 109 Å². The van der Waals surface area contributed by atoms with Crippen LogP contribution in [0, 0.1) is 11.6 Å². The van der Waals surface area contributed by atoms with Gasteiger partial charge in [-0.2, -0.15) is 4.98 Å². The van der Waals surface area contributed by atoms with E-state index in [4.69, 9.17) is 9.15 Å². The monoisotopic (exact) mass is 471 g/mol. The Bertz CT molecular complexity index is 1300. The van der Waals surface area contributed by atoms with Crippen LogP contribution in [0.1, 0.15) is 33.0 Å². The fourth-order valence-electron chi connectivity index (χ4n) is 3.43. The predicted octanol–water partition coefficient (Wildman–Crippen LogP) is 4.66. The molecule has 0 fully saturated rings. The molecule has 1 atom stereocenters. The smallest absolute Gasteiger partial charge is 0.297 e. The fraction of sp³-hybridized carbons (Fsp3) is 0.375. The Morgan fingerprint density at radius 3 is 2.68 bits per heavy atom. The van der Waals surface area contributed by atoms with Gasteiger partial charge in [-0.3, -0.25) is 0 Å². The van der Waals surface area contributed by atoms with Gasteiger partial charge in [-0.05, 0) is 37.6 Å². The van der Waals surface area contributed by atoms with Crippen LogP contribution in [0.4, 0.5) is 14.8 Å². The summed E-state index contributed by atoms with van der Waals surface area (Å²) in [6.07, 6.45) is 0.775. The highest BCUT2D eigenvalue weighted by Crippen LogP contribution is 2.35. The van der Waals surface area contributed by atoms with E-state index < -0.39 is 17.0 Å². The number of methoxy groups -OCH3 is 1. The lowest BCUT2D eigenvalue weighted by molar-refractivity contribution is 0.191. The Morgan fingerprint density at radius 1 is 1.18 bits per heavy atom. The van der Waals surface area contributed by atoms with Crippen molar-refractivity contribution in [3.8, 4) is 22.6 Å². The first kappa shape index (κ1) is 23.8. The minimum absolute atomic E-state index is 0.0788. The molecule has 0 aliphatic carbocycles. The van der Waals surface area contributed by atoms with Crippen molar-refractivity contribution in [1.29, 1.82) is 0 Å². The van der Waals surface area contributed by atoms with Crippen LogP contribution in [0.5, 0.6) is 0 Å². The van der Waals surface area contributed by atoms with E-state index in [0.717, 1.165) is 12.5 Å². The first-order valence-electron chi connectivity index (χ1n) is 10.9. The summed E-state index contributed by atoms with van der Waals surface area (Å²) in [6, 6.07) is 7.19. The largest absolute Gasteiger partial charge is 0.404 e. The van der Waals surface area contributed by atoms with Crippen molar-refractivity contribution in [2.24, 2.45) is 0 Å². The molecule has 180 valence electrons. The number of pyridine rings is 1. The van der Waals surface area contributed by atoms with Gasteiger partial charge in [0.05, 0.1) is 18.0 Å². The zero-order valence-electron chi connectivity index (χ0n) is 19.4. The van der Waals surface area contributed by atoms with Crippen LogP contribution >= 0.6 is 0 Å². The molecule has 0 spiro atoms. The summed E-state index contributed by atoms with van der Waals surface area (Å²) in [5.74, 6) is -0.979. The van der Waals surface area contributed by atoms with E-state index in [-0.39, 0.29) is 23.9 Å². The number of aromatic nitrogens is 4.